The second-order valence-electron chi connectivity index (χ2n) is 4.44. The predicted octanol–water partition coefficient (Wildman–Crippen LogP) is 1.97. The number of aliphatic hydroxyl groups excluding tert-OH is 1. The number of rotatable bonds is 1. The van der Waals surface area contributed by atoms with Crippen LogP contribution in [0.15, 0.2) is 12.2 Å². The summed E-state index contributed by atoms with van der Waals surface area (Å²) < 4.78 is 0. The molecule has 62 valence electrons. The maximum absolute atomic E-state index is 9.51. The first-order valence-electron chi connectivity index (χ1n) is 4.44. The Morgan fingerprint density at radius 2 is 2.18 bits per heavy atom. The van der Waals surface area contributed by atoms with E-state index in [1.807, 2.05) is 0 Å². The monoisotopic (exact) mass is 152 g/mol. The minimum Gasteiger partial charge on any atom is -0.389 e. The second-order valence-corrected chi connectivity index (χ2v) is 4.44. The minimum absolute atomic E-state index is 0.198. The van der Waals surface area contributed by atoms with Crippen molar-refractivity contribution in [3.8, 4) is 0 Å². The van der Waals surface area contributed by atoms with Crippen molar-refractivity contribution in [2.75, 3.05) is 0 Å². The Kier molecular flexibility index (Phi) is 1.26. The van der Waals surface area contributed by atoms with E-state index >= 15 is 0 Å². The highest BCUT2D eigenvalue weighted by atomic mass is 16.3. The van der Waals surface area contributed by atoms with Gasteiger partial charge in [-0.05, 0) is 35.7 Å². The first-order chi connectivity index (χ1) is 5.08. The van der Waals surface area contributed by atoms with Crippen molar-refractivity contribution >= 4 is 0 Å². The summed E-state index contributed by atoms with van der Waals surface area (Å²) in [5.74, 6) is 1.36. The maximum Gasteiger partial charge on any atom is 0.0756 e. The van der Waals surface area contributed by atoms with Crippen molar-refractivity contribution in [1.82, 2.24) is 0 Å². The molecule has 0 aromatic carbocycles. The van der Waals surface area contributed by atoms with E-state index in [4.69, 9.17) is 0 Å². The summed E-state index contributed by atoms with van der Waals surface area (Å²) in [6.45, 7) is 8.45. The van der Waals surface area contributed by atoms with Crippen LogP contribution in [0.5, 0.6) is 0 Å². The van der Waals surface area contributed by atoms with Crippen LogP contribution < -0.4 is 0 Å². The molecule has 0 saturated heterocycles. The van der Waals surface area contributed by atoms with Crippen LogP contribution >= 0.6 is 0 Å². The van der Waals surface area contributed by atoms with E-state index in [0.717, 1.165) is 12.0 Å². The van der Waals surface area contributed by atoms with Gasteiger partial charge in [0.1, 0.15) is 0 Å². The Labute approximate surface area is 68.1 Å². The molecule has 1 nitrogen and oxygen atoms in total. The van der Waals surface area contributed by atoms with E-state index in [2.05, 4.69) is 20.4 Å². The van der Waals surface area contributed by atoms with Gasteiger partial charge in [0, 0.05) is 0 Å². The fourth-order valence-electron chi connectivity index (χ4n) is 2.64. The van der Waals surface area contributed by atoms with Crippen LogP contribution in [-0.4, -0.2) is 11.2 Å². The summed E-state index contributed by atoms with van der Waals surface area (Å²) in [6.07, 6.45) is 2.05. The zero-order valence-electron chi connectivity index (χ0n) is 7.30. The van der Waals surface area contributed by atoms with Gasteiger partial charge in [0.25, 0.3) is 0 Å². The highest BCUT2D eigenvalue weighted by molar-refractivity contribution is 5.30. The molecule has 3 atom stereocenters. The normalized spacial score (nSPS) is 48.2. The van der Waals surface area contributed by atoms with Gasteiger partial charge in [0.2, 0.25) is 0 Å². The minimum atomic E-state index is -0.198. The van der Waals surface area contributed by atoms with Gasteiger partial charge in [0.05, 0.1) is 6.10 Å². The molecule has 0 bridgehead atoms. The molecule has 0 amide bonds. The number of fused-ring (bicyclic) bond motifs is 1. The topological polar surface area (TPSA) is 20.2 Å². The Bertz CT molecular complexity index is 207. The molecule has 0 unspecified atom stereocenters. The van der Waals surface area contributed by atoms with Crippen LogP contribution in [-0.2, 0) is 0 Å². The Hall–Kier alpha value is -0.300. The van der Waals surface area contributed by atoms with Crippen molar-refractivity contribution in [3.05, 3.63) is 12.2 Å². The lowest BCUT2D eigenvalue weighted by Gasteiger charge is -2.16. The molecule has 0 radical (unpaired) electrons. The van der Waals surface area contributed by atoms with Gasteiger partial charge in [0.15, 0.2) is 0 Å². The van der Waals surface area contributed by atoms with Crippen molar-refractivity contribution < 1.29 is 5.11 Å². The summed E-state index contributed by atoms with van der Waals surface area (Å²) in [6, 6.07) is 0. The largest absolute Gasteiger partial charge is 0.389 e. The Balaban J connectivity index is 2.20. The van der Waals surface area contributed by atoms with Crippen molar-refractivity contribution in [2.45, 2.75) is 32.8 Å². The van der Waals surface area contributed by atoms with Gasteiger partial charge in [-0.25, -0.2) is 0 Å². The highest BCUT2D eigenvalue weighted by Crippen LogP contribution is 2.69. The summed E-state index contributed by atoms with van der Waals surface area (Å²) in [5, 5.41) is 9.51. The summed E-state index contributed by atoms with van der Waals surface area (Å²) in [5.41, 5.74) is 1.55. The SMILES string of the molecule is C=C1[C@@H](O)C[C@@]2(C(C)C)C[C@@H]12. The van der Waals surface area contributed by atoms with Crippen LogP contribution in [0.3, 0.4) is 0 Å². The van der Waals surface area contributed by atoms with Gasteiger partial charge in [-0.2, -0.15) is 0 Å². The summed E-state index contributed by atoms with van der Waals surface area (Å²) in [4.78, 5) is 0. The van der Waals surface area contributed by atoms with Gasteiger partial charge in [-0.1, -0.05) is 20.4 Å². The van der Waals surface area contributed by atoms with Gasteiger partial charge < -0.3 is 5.11 Å². The summed E-state index contributed by atoms with van der Waals surface area (Å²) in [7, 11) is 0. The van der Waals surface area contributed by atoms with Crippen molar-refractivity contribution in [1.29, 1.82) is 0 Å². The van der Waals surface area contributed by atoms with E-state index in [0.29, 0.717) is 17.3 Å². The molecule has 0 heterocycles. The van der Waals surface area contributed by atoms with Crippen molar-refractivity contribution in [3.63, 3.8) is 0 Å². The molecule has 0 spiro atoms. The molecule has 1 heteroatoms. The Morgan fingerprint density at radius 3 is 2.45 bits per heavy atom. The highest BCUT2D eigenvalue weighted by Gasteiger charge is 2.63. The molecular formula is C10H16O. The molecule has 0 aliphatic heterocycles. The molecule has 2 aliphatic carbocycles. The zero-order chi connectivity index (χ0) is 8.22. The third-order valence-corrected chi connectivity index (χ3v) is 3.72. The first-order valence-corrected chi connectivity index (χ1v) is 4.44. The standard InChI is InChI=1S/C10H16O/c1-6(2)10-4-8(10)7(3)9(11)5-10/h6,8-9,11H,3-5H2,1-2H3/t8-,9-,10+/m0/s1. The molecule has 2 rings (SSSR count). The number of hydrogen-bond acceptors (Lipinski definition) is 1. The van der Waals surface area contributed by atoms with Crippen molar-refractivity contribution in [2.24, 2.45) is 17.3 Å². The van der Waals surface area contributed by atoms with Crippen LogP contribution in [0.25, 0.3) is 0 Å². The molecule has 2 aliphatic rings. The smallest absolute Gasteiger partial charge is 0.0756 e. The van der Waals surface area contributed by atoms with E-state index in [1.165, 1.54) is 6.42 Å². The predicted molar refractivity (Wildman–Crippen MR) is 45.1 cm³/mol. The number of hydrogen-bond donors (Lipinski definition) is 1. The third-order valence-electron chi connectivity index (χ3n) is 3.72. The molecule has 2 saturated carbocycles. The van der Waals surface area contributed by atoms with Crippen LogP contribution in [0.2, 0.25) is 0 Å². The van der Waals surface area contributed by atoms with Crippen LogP contribution in [0.4, 0.5) is 0 Å². The van der Waals surface area contributed by atoms with Gasteiger partial charge >= 0.3 is 0 Å². The van der Waals surface area contributed by atoms with E-state index < -0.39 is 0 Å². The van der Waals surface area contributed by atoms with E-state index in [9.17, 15) is 5.11 Å². The van der Waals surface area contributed by atoms with Gasteiger partial charge in [-0.15, -0.1) is 0 Å². The molecule has 11 heavy (non-hydrogen) atoms. The lowest BCUT2D eigenvalue weighted by atomic mass is 9.89. The van der Waals surface area contributed by atoms with Gasteiger partial charge in [-0.3, -0.25) is 0 Å². The fraction of sp³-hybridized carbons (Fsp3) is 0.800. The third kappa shape index (κ3) is 0.750. The molecule has 2 fully saturated rings. The Morgan fingerprint density at radius 1 is 1.55 bits per heavy atom. The van der Waals surface area contributed by atoms with Crippen LogP contribution in [0.1, 0.15) is 26.7 Å². The molecular weight excluding hydrogens is 136 g/mol. The quantitative estimate of drug-likeness (QED) is 0.569. The second kappa shape index (κ2) is 1.89. The van der Waals surface area contributed by atoms with E-state index in [-0.39, 0.29) is 6.10 Å². The fourth-order valence-corrected chi connectivity index (χ4v) is 2.64. The first kappa shape index (κ1) is 7.35. The van der Waals surface area contributed by atoms with E-state index in [1.54, 1.807) is 0 Å². The molecule has 0 aromatic rings. The number of aliphatic hydroxyl groups is 1. The molecule has 1 N–H and O–H groups in total. The maximum atomic E-state index is 9.51. The molecule has 0 aromatic heterocycles. The lowest BCUT2D eigenvalue weighted by Crippen LogP contribution is -2.12. The lowest BCUT2D eigenvalue weighted by molar-refractivity contribution is 0.176. The average Bonchev–Trinajstić information content (AvgIpc) is 2.57. The summed E-state index contributed by atoms with van der Waals surface area (Å²) >= 11 is 0. The van der Waals surface area contributed by atoms with Crippen LogP contribution in [0, 0.1) is 17.3 Å². The zero-order valence-corrected chi connectivity index (χ0v) is 7.30. The average molecular weight is 152 g/mol.